The molecule has 0 spiro atoms. The number of hydrogen-bond acceptors (Lipinski definition) is 6. The molecule has 0 fully saturated rings. The monoisotopic (exact) mass is 715 g/mol. The molecular formula is C19H12I3NO5. The number of aliphatic imine (C=N–C) groups is 1. The highest BCUT2D eigenvalue weighted by atomic mass is 127. The molecule has 2 aromatic rings. The summed E-state index contributed by atoms with van der Waals surface area (Å²) in [6.45, 7) is -0.168. The standard InChI is InChI=1S/C19H12I3NO5/c1-26-16(24)9-27-17-13(21)6-10(7-14(17)22)8-15-19(25)28-18(23-15)11-2-4-12(20)5-3-11/h2-8H,9H2,1H3/b15-8-. The maximum absolute atomic E-state index is 12.2. The Labute approximate surface area is 202 Å². The predicted molar refractivity (Wildman–Crippen MR) is 129 cm³/mol. The van der Waals surface area contributed by atoms with E-state index in [9.17, 15) is 9.59 Å². The zero-order valence-corrected chi connectivity index (χ0v) is 20.8. The summed E-state index contributed by atoms with van der Waals surface area (Å²) in [6.07, 6.45) is 1.66. The van der Waals surface area contributed by atoms with Gasteiger partial charge in [-0.15, -0.1) is 0 Å². The van der Waals surface area contributed by atoms with Crippen LogP contribution in [0.25, 0.3) is 6.08 Å². The maximum Gasteiger partial charge on any atom is 0.363 e. The molecule has 0 amide bonds. The van der Waals surface area contributed by atoms with Crippen LogP contribution in [-0.2, 0) is 19.1 Å². The van der Waals surface area contributed by atoms with Crippen molar-refractivity contribution in [3.8, 4) is 5.75 Å². The number of hydrogen-bond donors (Lipinski definition) is 0. The molecule has 0 N–H and O–H groups in total. The second-order valence-electron chi connectivity index (χ2n) is 5.52. The van der Waals surface area contributed by atoms with Crippen LogP contribution in [0, 0.1) is 10.7 Å². The fraction of sp³-hybridized carbons (Fsp3) is 0.105. The fourth-order valence-corrected chi connectivity index (χ4v) is 4.76. The molecule has 9 heteroatoms. The highest BCUT2D eigenvalue weighted by Gasteiger charge is 2.24. The lowest BCUT2D eigenvalue weighted by molar-refractivity contribution is -0.143. The summed E-state index contributed by atoms with van der Waals surface area (Å²) in [7, 11) is 1.31. The van der Waals surface area contributed by atoms with Crippen LogP contribution in [-0.4, -0.2) is 31.6 Å². The Morgan fingerprint density at radius 3 is 2.39 bits per heavy atom. The van der Waals surface area contributed by atoms with Crippen LogP contribution in [0.3, 0.4) is 0 Å². The van der Waals surface area contributed by atoms with Gasteiger partial charge in [0, 0.05) is 9.13 Å². The molecule has 0 saturated heterocycles. The first-order valence-electron chi connectivity index (χ1n) is 7.84. The lowest BCUT2D eigenvalue weighted by atomic mass is 10.2. The van der Waals surface area contributed by atoms with Crippen LogP contribution in [0.15, 0.2) is 47.1 Å². The number of nitrogens with zero attached hydrogens (tertiary/aromatic N) is 1. The number of benzene rings is 2. The molecule has 144 valence electrons. The molecular weight excluding hydrogens is 703 g/mol. The first-order chi connectivity index (χ1) is 13.4. The summed E-state index contributed by atoms with van der Waals surface area (Å²) in [5.74, 6) is -0.0746. The van der Waals surface area contributed by atoms with E-state index in [4.69, 9.17) is 9.47 Å². The van der Waals surface area contributed by atoms with Gasteiger partial charge in [0.1, 0.15) is 5.75 Å². The number of esters is 2. The van der Waals surface area contributed by atoms with Gasteiger partial charge >= 0.3 is 11.9 Å². The van der Waals surface area contributed by atoms with Crippen LogP contribution >= 0.6 is 67.8 Å². The van der Waals surface area contributed by atoms with Crippen molar-refractivity contribution in [3.05, 3.63) is 63.9 Å². The van der Waals surface area contributed by atoms with Crippen LogP contribution < -0.4 is 4.74 Å². The van der Waals surface area contributed by atoms with Crippen molar-refractivity contribution in [1.82, 2.24) is 0 Å². The van der Waals surface area contributed by atoms with E-state index in [0.717, 1.165) is 21.8 Å². The van der Waals surface area contributed by atoms with Gasteiger partial charge in [0.25, 0.3) is 0 Å². The molecule has 6 nitrogen and oxygen atoms in total. The number of carbonyl (C=O) groups is 2. The van der Waals surface area contributed by atoms with Crippen molar-refractivity contribution in [2.75, 3.05) is 13.7 Å². The average molecular weight is 715 g/mol. The summed E-state index contributed by atoms with van der Waals surface area (Å²) in [4.78, 5) is 27.8. The Hall–Kier alpha value is -1.22. The quantitative estimate of drug-likeness (QED) is 0.261. The van der Waals surface area contributed by atoms with Gasteiger partial charge in [-0.25, -0.2) is 14.6 Å². The minimum Gasteiger partial charge on any atom is -0.480 e. The molecule has 28 heavy (non-hydrogen) atoms. The minimum absolute atomic E-state index is 0.168. The van der Waals surface area contributed by atoms with E-state index in [2.05, 4.69) is 77.5 Å². The van der Waals surface area contributed by atoms with E-state index in [1.807, 2.05) is 36.4 Å². The molecule has 0 aliphatic carbocycles. The molecule has 0 bridgehead atoms. The number of carbonyl (C=O) groups excluding carboxylic acids is 2. The zero-order chi connectivity index (χ0) is 20.3. The van der Waals surface area contributed by atoms with Crippen LogP contribution in [0.5, 0.6) is 5.75 Å². The topological polar surface area (TPSA) is 74.2 Å². The van der Waals surface area contributed by atoms with Crippen molar-refractivity contribution in [3.63, 3.8) is 0 Å². The third-order valence-corrected chi connectivity index (χ3v) is 5.92. The maximum atomic E-state index is 12.2. The fourth-order valence-electron chi connectivity index (χ4n) is 2.27. The van der Waals surface area contributed by atoms with Crippen LogP contribution in [0.2, 0.25) is 0 Å². The lowest BCUT2D eigenvalue weighted by Gasteiger charge is -2.10. The van der Waals surface area contributed by atoms with E-state index >= 15 is 0 Å². The van der Waals surface area contributed by atoms with Gasteiger partial charge in [0.15, 0.2) is 12.3 Å². The number of methoxy groups -OCH3 is 1. The molecule has 0 atom stereocenters. The Kier molecular flexibility index (Phi) is 7.31. The summed E-state index contributed by atoms with van der Waals surface area (Å²) < 4.78 is 18.1. The van der Waals surface area contributed by atoms with Gasteiger partial charge in [0.2, 0.25) is 5.90 Å². The van der Waals surface area contributed by atoms with Crippen molar-refractivity contribution >= 4 is 91.7 Å². The molecule has 1 heterocycles. The van der Waals surface area contributed by atoms with Gasteiger partial charge in [-0.1, -0.05) is 0 Å². The second kappa shape index (κ2) is 9.52. The van der Waals surface area contributed by atoms with E-state index in [1.165, 1.54) is 7.11 Å². The first kappa shape index (κ1) is 21.5. The van der Waals surface area contributed by atoms with E-state index in [1.54, 1.807) is 6.08 Å². The summed E-state index contributed by atoms with van der Waals surface area (Å²) >= 11 is 6.44. The second-order valence-corrected chi connectivity index (χ2v) is 9.09. The molecule has 0 unspecified atom stereocenters. The first-order valence-corrected chi connectivity index (χ1v) is 11.1. The molecule has 2 aromatic carbocycles. The third kappa shape index (κ3) is 5.23. The van der Waals surface area contributed by atoms with E-state index in [0.29, 0.717) is 5.75 Å². The van der Waals surface area contributed by atoms with Gasteiger partial charge < -0.3 is 14.2 Å². The predicted octanol–water partition coefficient (Wildman–Crippen LogP) is 4.40. The van der Waals surface area contributed by atoms with Crippen LogP contribution in [0.4, 0.5) is 0 Å². The van der Waals surface area contributed by atoms with Gasteiger partial charge in [-0.2, -0.15) is 0 Å². The smallest absolute Gasteiger partial charge is 0.363 e. The third-order valence-electron chi connectivity index (χ3n) is 3.60. The number of halogens is 3. The Bertz CT molecular complexity index is 976. The highest BCUT2D eigenvalue weighted by Crippen LogP contribution is 2.30. The van der Waals surface area contributed by atoms with Crippen molar-refractivity contribution < 1.29 is 23.8 Å². The number of cyclic esters (lactones) is 1. The number of ether oxygens (including phenoxy) is 3. The van der Waals surface area contributed by atoms with Crippen molar-refractivity contribution in [2.24, 2.45) is 4.99 Å². The van der Waals surface area contributed by atoms with Crippen molar-refractivity contribution in [2.45, 2.75) is 0 Å². The Balaban J connectivity index is 1.85. The highest BCUT2D eigenvalue weighted by molar-refractivity contribution is 14.1. The number of rotatable bonds is 5. The lowest BCUT2D eigenvalue weighted by Crippen LogP contribution is -2.13. The van der Waals surface area contributed by atoms with Crippen LogP contribution in [0.1, 0.15) is 11.1 Å². The Morgan fingerprint density at radius 1 is 1.14 bits per heavy atom. The molecule has 0 saturated carbocycles. The SMILES string of the molecule is COC(=O)COc1c(I)cc(/C=C2\N=C(c3ccc(I)cc3)OC2=O)cc1I. The van der Waals surface area contributed by atoms with Crippen molar-refractivity contribution in [1.29, 1.82) is 0 Å². The van der Waals surface area contributed by atoms with Gasteiger partial charge in [0.05, 0.1) is 14.3 Å². The normalized spacial score (nSPS) is 14.6. The Morgan fingerprint density at radius 2 is 1.79 bits per heavy atom. The summed E-state index contributed by atoms with van der Waals surface area (Å²) in [5.41, 5.74) is 1.75. The van der Waals surface area contributed by atoms with Gasteiger partial charge in [-0.05, 0) is 116 Å². The summed E-state index contributed by atoms with van der Waals surface area (Å²) in [6, 6.07) is 11.2. The average Bonchev–Trinajstić information content (AvgIpc) is 3.01. The zero-order valence-electron chi connectivity index (χ0n) is 14.4. The largest absolute Gasteiger partial charge is 0.480 e. The summed E-state index contributed by atoms with van der Waals surface area (Å²) in [5, 5.41) is 0. The molecule has 0 aromatic heterocycles. The molecule has 0 radical (unpaired) electrons. The van der Waals surface area contributed by atoms with E-state index < -0.39 is 11.9 Å². The minimum atomic E-state index is -0.496. The molecule has 1 aliphatic heterocycles. The molecule has 1 aliphatic rings. The molecule has 3 rings (SSSR count). The van der Waals surface area contributed by atoms with Gasteiger partial charge in [-0.3, -0.25) is 0 Å². The van der Waals surface area contributed by atoms with E-state index in [-0.39, 0.29) is 18.2 Å².